The number of hydrogen-bond donors (Lipinski definition) is 0. The quantitative estimate of drug-likeness (QED) is 0.157. The Balaban J connectivity index is 1.07. The molecule has 0 bridgehead atoms. The van der Waals surface area contributed by atoms with Gasteiger partial charge in [-0.25, -0.2) is 0 Å². The average Bonchev–Trinajstić information content (AvgIpc) is 3.70. The van der Waals surface area contributed by atoms with E-state index in [0.29, 0.717) is 0 Å². The van der Waals surface area contributed by atoms with Gasteiger partial charge < -0.3 is 9.32 Å². The van der Waals surface area contributed by atoms with E-state index in [1.807, 2.05) is 0 Å². The summed E-state index contributed by atoms with van der Waals surface area (Å²) in [5, 5.41) is 11.9. The molecule has 0 aliphatic rings. The molecule has 60 heavy (non-hydrogen) atoms. The topological polar surface area (TPSA) is 16.4 Å². The third-order valence-electron chi connectivity index (χ3n) is 12.2. The van der Waals surface area contributed by atoms with Gasteiger partial charge in [-0.05, 0) is 126 Å². The van der Waals surface area contributed by atoms with Gasteiger partial charge in [0.1, 0.15) is 11.2 Å². The van der Waals surface area contributed by atoms with Gasteiger partial charge in [-0.2, -0.15) is 0 Å². The number of nitrogens with zero attached hydrogens (tertiary/aromatic N) is 1. The minimum absolute atomic E-state index is 0.880. The SMILES string of the molecule is c1ccc(-c2c(-c3ccccc3)c3cc(-c4cccc(N(c5ccc6ccccc6c5)c5ccc6oc7c8ccccc8ccc7c6c5)c4)ccc3c3ccccc23)cc1. The summed E-state index contributed by atoms with van der Waals surface area (Å²) < 4.78 is 6.57. The largest absolute Gasteiger partial charge is 0.455 e. The molecule has 280 valence electrons. The molecule has 0 aliphatic heterocycles. The van der Waals surface area contributed by atoms with E-state index >= 15 is 0 Å². The molecule has 0 N–H and O–H groups in total. The Morgan fingerprint density at radius 1 is 0.267 bits per heavy atom. The first kappa shape index (κ1) is 34.1. The molecule has 1 heterocycles. The summed E-state index contributed by atoms with van der Waals surface area (Å²) in [5.41, 5.74) is 12.3. The molecule has 2 nitrogen and oxygen atoms in total. The first-order valence-electron chi connectivity index (χ1n) is 20.6. The van der Waals surface area contributed by atoms with E-state index in [9.17, 15) is 0 Å². The van der Waals surface area contributed by atoms with Gasteiger partial charge in [-0.15, -0.1) is 0 Å². The molecule has 0 spiro atoms. The van der Waals surface area contributed by atoms with Crippen LogP contribution in [-0.2, 0) is 0 Å². The molecular weight excluding hydrogens is 727 g/mol. The molecule has 0 saturated carbocycles. The first-order valence-corrected chi connectivity index (χ1v) is 20.6. The normalized spacial score (nSPS) is 11.7. The first-order chi connectivity index (χ1) is 29.7. The molecule has 0 fully saturated rings. The van der Waals surface area contributed by atoms with Crippen molar-refractivity contribution in [2.45, 2.75) is 0 Å². The average molecular weight is 764 g/mol. The van der Waals surface area contributed by atoms with Crippen molar-refractivity contribution in [3.05, 3.63) is 224 Å². The maximum atomic E-state index is 6.57. The Morgan fingerprint density at radius 2 is 0.817 bits per heavy atom. The van der Waals surface area contributed by atoms with Gasteiger partial charge in [0.2, 0.25) is 0 Å². The number of benzene rings is 11. The highest BCUT2D eigenvalue weighted by Crippen LogP contribution is 2.46. The Bertz CT molecular complexity index is 3600. The minimum atomic E-state index is 0.880. The van der Waals surface area contributed by atoms with Crippen LogP contribution in [0.3, 0.4) is 0 Å². The fourth-order valence-electron chi connectivity index (χ4n) is 9.40. The fourth-order valence-corrected chi connectivity index (χ4v) is 9.40. The Morgan fingerprint density at radius 3 is 1.62 bits per heavy atom. The van der Waals surface area contributed by atoms with Crippen LogP contribution in [0.1, 0.15) is 0 Å². The molecule has 1 aromatic heterocycles. The standard InChI is InChI=1S/C58H37NO/c1-3-16-40(17-4-1)56-51-25-12-11-24-49(51)50-31-28-44(36-54(50)57(56)41-18-5-2-6-19-41)43-21-13-22-45(35-43)59(46-29-26-38-14-7-8-20-42(38)34-46)47-30-33-55-53(37-47)52-32-27-39-15-9-10-23-48(39)58(52)60-55/h1-37H. The fraction of sp³-hybridized carbons (Fsp3) is 0. The number of rotatable bonds is 6. The molecule has 0 unspecified atom stereocenters. The maximum Gasteiger partial charge on any atom is 0.143 e. The Hall–Kier alpha value is -7.94. The van der Waals surface area contributed by atoms with Crippen molar-refractivity contribution < 1.29 is 4.42 Å². The smallest absolute Gasteiger partial charge is 0.143 e. The lowest BCUT2D eigenvalue weighted by molar-refractivity contribution is 0.672. The third-order valence-corrected chi connectivity index (χ3v) is 12.2. The van der Waals surface area contributed by atoms with E-state index in [1.54, 1.807) is 0 Å². The molecule has 0 radical (unpaired) electrons. The van der Waals surface area contributed by atoms with Gasteiger partial charge in [-0.1, -0.05) is 170 Å². The highest BCUT2D eigenvalue weighted by molar-refractivity contribution is 6.22. The van der Waals surface area contributed by atoms with E-state index in [2.05, 4.69) is 229 Å². The molecule has 11 aromatic carbocycles. The second kappa shape index (κ2) is 13.9. The van der Waals surface area contributed by atoms with E-state index in [1.165, 1.54) is 60.0 Å². The number of furan rings is 1. The number of anilines is 3. The molecule has 0 saturated heterocycles. The second-order valence-electron chi connectivity index (χ2n) is 15.7. The minimum Gasteiger partial charge on any atom is -0.455 e. The van der Waals surface area contributed by atoms with Crippen molar-refractivity contribution in [1.29, 1.82) is 0 Å². The predicted octanol–water partition coefficient (Wildman–Crippen LogP) is 16.7. The molecule has 0 amide bonds. The van der Waals surface area contributed by atoms with Crippen molar-refractivity contribution in [1.82, 2.24) is 0 Å². The number of fused-ring (bicyclic) bond motifs is 9. The van der Waals surface area contributed by atoms with Crippen LogP contribution in [0.15, 0.2) is 229 Å². The lowest BCUT2D eigenvalue weighted by Crippen LogP contribution is -2.10. The van der Waals surface area contributed by atoms with Gasteiger partial charge in [0, 0.05) is 33.2 Å². The lowest BCUT2D eigenvalue weighted by atomic mass is 9.84. The number of hydrogen-bond acceptors (Lipinski definition) is 2. The monoisotopic (exact) mass is 763 g/mol. The molecule has 12 rings (SSSR count). The summed E-state index contributed by atoms with van der Waals surface area (Å²) in [6.07, 6.45) is 0. The molecule has 2 heteroatoms. The van der Waals surface area contributed by atoms with E-state index in [0.717, 1.165) is 55.5 Å². The predicted molar refractivity (Wildman–Crippen MR) is 255 cm³/mol. The van der Waals surface area contributed by atoms with Crippen LogP contribution in [0, 0.1) is 0 Å². The molecule has 0 atom stereocenters. The van der Waals surface area contributed by atoms with Crippen molar-refractivity contribution in [3.63, 3.8) is 0 Å². The van der Waals surface area contributed by atoms with Crippen molar-refractivity contribution in [2.75, 3.05) is 4.90 Å². The summed E-state index contributed by atoms with van der Waals surface area (Å²) in [7, 11) is 0. The molecular formula is C58H37NO. The zero-order valence-corrected chi connectivity index (χ0v) is 32.7. The van der Waals surface area contributed by atoms with Crippen molar-refractivity contribution in [2.24, 2.45) is 0 Å². The summed E-state index contributed by atoms with van der Waals surface area (Å²) in [4.78, 5) is 2.38. The molecule has 0 aliphatic carbocycles. The third kappa shape index (κ3) is 5.57. The highest BCUT2D eigenvalue weighted by Gasteiger charge is 2.20. The summed E-state index contributed by atoms with van der Waals surface area (Å²) in [6, 6.07) is 81.4. The Kier molecular flexibility index (Phi) is 7.89. The van der Waals surface area contributed by atoms with Crippen molar-refractivity contribution >= 4 is 82.1 Å². The maximum absolute atomic E-state index is 6.57. The summed E-state index contributed by atoms with van der Waals surface area (Å²) >= 11 is 0. The summed E-state index contributed by atoms with van der Waals surface area (Å²) in [6.45, 7) is 0. The van der Waals surface area contributed by atoms with Crippen LogP contribution in [0.2, 0.25) is 0 Å². The van der Waals surface area contributed by atoms with E-state index in [4.69, 9.17) is 4.42 Å². The zero-order chi connectivity index (χ0) is 39.6. The van der Waals surface area contributed by atoms with E-state index in [-0.39, 0.29) is 0 Å². The van der Waals surface area contributed by atoms with Gasteiger partial charge >= 0.3 is 0 Å². The lowest BCUT2D eigenvalue weighted by Gasteiger charge is -2.26. The van der Waals surface area contributed by atoms with Crippen LogP contribution in [0.25, 0.3) is 98.4 Å². The highest BCUT2D eigenvalue weighted by atomic mass is 16.3. The zero-order valence-electron chi connectivity index (χ0n) is 32.7. The van der Waals surface area contributed by atoms with Crippen LogP contribution in [-0.4, -0.2) is 0 Å². The summed E-state index contributed by atoms with van der Waals surface area (Å²) in [5.74, 6) is 0. The van der Waals surface area contributed by atoms with Gasteiger partial charge in [-0.3, -0.25) is 0 Å². The Labute approximate surface area is 347 Å². The van der Waals surface area contributed by atoms with Crippen LogP contribution < -0.4 is 4.90 Å². The van der Waals surface area contributed by atoms with Crippen molar-refractivity contribution in [3.8, 4) is 33.4 Å². The van der Waals surface area contributed by atoms with Crippen LogP contribution in [0.4, 0.5) is 17.1 Å². The van der Waals surface area contributed by atoms with Gasteiger partial charge in [0.15, 0.2) is 0 Å². The second-order valence-corrected chi connectivity index (χ2v) is 15.7. The van der Waals surface area contributed by atoms with Crippen LogP contribution >= 0.6 is 0 Å². The molecule has 12 aromatic rings. The van der Waals surface area contributed by atoms with E-state index < -0.39 is 0 Å². The van der Waals surface area contributed by atoms with Gasteiger partial charge in [0.25, 0.3) is 0 Å². The van der Waals surface area contributed by atoms with Crippen LogP contribution in [0.5, 0.6) is 0 Å². The van der Waals surface area contributed by atoms with Gasteiger partial charge in [0.05, 0.1) is 0 Å².